The van der Waals surface area contributed by atoms with Gasteiger partial charge in [-0.25, -0.2) is 0 Å². The highest BCUT2D eigenvalue weighted by atomic mass is 79.9. The van der Waals surface area contributed by atoms with Gasteiger partial charge in [-0.05, 0) is 61.0 Å². The Morgan fingerprint density at radius 1 is 1.24 bits per heavy atom. The van der Waals surface area contributed by atoms with E-state index >= 15 is 0 Å². The molecule has 0 bridgehead atoms. The Balaban J connectivity index is 0.00000144. The van der Waals surface area contributed by atoms with Crippen LogP contribution in [-0.4, -0.2) is 5.11 Å². The van der Waals surface area contributed by atoms with Crippen molar-refractivity contribution < 1.29 is 5.11 Å². The zero-order valence-corrected chi connectivity index (χ0v) is 13.4. The second kappa shape index (κ2) is 6.20. The maximum absolute atomic E-state index is 9.61. The first-order valence-electron chi connectivity index (χ1n) is 4.56. The number of hydrogen-bond donors (Lipinski definition) is 2. The number of halogens is 3. The molecule has 0 unspecified atom stereocenters. The lowest BCUT2D eigenvalue weighted by atomic mass is 10.1. The van der Waals surface area contributed by atoms with Gasteiger partial charge in [-0.3, -0.25) is 0 Å². The van der Waals surface area contributed by atoms with Crippen LogP contribution in [0.2, 0.25) is 0 Å². The summed E-state index contributed by atoms with van der Waals surface area (Å²) < 4.78 is 1.28. The Morgan fingerprint density at radius 3 is 2.29 bits per heavy atom. The summed E-state index contributed by atoms with van der Waals surface area (Å²) >= 11 is 8.22. The van der Waals surface area contributed by atoms with Crippen LogP contribution in [0.15, 0.2) is 38.6 Å². The van der Waals surface area contributed by atoms with Crippen molar-refractivity contribution in [3.63, 3.8) is 0 Å². The number of phenols is 1. The molecule has 1 atom stereocenters. The smallest absolute Gasteiger partial charge is 0.143 e. The van der Waals surface area contributed by atoms with Crippen molar-refractivity contribution in [3.05, 3.63) is 49.0 Å². The van der Waals surface area contributed by atoms with Crippen LogP contribution in [0.3, 0.4) is 0 Å². The van der Waals surface area contributed by atoms with E-state index in [-0.39, 0.29) is 24.2 Å². The summed E-state index contributed by atoms with van der Waals surface area (Å²) in [5.74, 6) is 0.196. The first kappa shape index (κ1) is 15.0. The molecule has 0 saturated carbocycles. The van der Waals surface area contributed by atoms with Crippen LogP contribution in [0.4, 0.5) is 0 Å². The number of hydrogen-bond acceptors (Lipinski definition) is 3. The van der Waals surface area contributed by atoms with Gasteiger partial charge in [0.15, 0.2) is 0 Å². The third kappa shape index (κ3) is 3.23. The average molecular weight is 400 g/mol. The van der Waals surface area contributed by atoms with Crippen LogP contribution in [0.25, 0.3) is 0 Å². The Labute approximate surface area is 127 Å². The number of rotatable bonds is 2. The Morgan fingerprint density at radius 2 is 1.82 bits per heavy atom. The highest BCUT2D eigenvalue weighted by molar-refractivity contribution is 9.11. The van der Waals surface area contributed by atoms with Gasteiger partial charge in [0.05, 0.1) is 15.0 Å². The van der Waals surface area contributed by atoms with Gasteiger partial charge in [0, 0.05) is 4.88 Å². The highest BCUT2D eigenvalue weighted by Crippen LogP contribution is 2.36. The maximum atomic E-state index is 9.61. The summed E-state index contributed by atoms with van der Waals surface area (Å²) in [4.78, 5) is 1.10. The minimum Gasteiger partial charge on any atom is -0.506 e. The molecule has 17 heavy (non-hydrogen) atoms. The van der Waals surface area contributed by atoms with Gasteiger partial charge in [-0.15, -0.1) is 23.7 Å². The van der Waals surface area contributed by atoms with E-state index in [2.05, 4.69) is 31.9 Å². The van der Waals surface area contributed by atoms with Crippen LogP contribution in [-0.2, 0) is 0 Å². The Kier molecular flexibility index (Phi) is 5.47. The van der Waals surface area contributed by atoms with Crippen LogP contribution >= 0.6 is 55.6 Å². The van der Waals surface area contributed by atoms with Crippen molar-refractivity contribution in [1.29, 1.82) is 0 Å². The number of thiophene rings is 1. The molecule has 3 N–H and O–H groups in total. The molecule has 0 fully saturated rings. The lowest BCUT2D eigenvalue weighted by Gasteiger charge is -2.12. The van der Waals surface area contributed by atoms with Gasteiger partial charge in [0.1, 0.15) is 5.75 Å². The van der Waals surface area contributed by atoms with Crippen molar-refractivity contribution in [1.82, 2.24) is 0 Å². The van der Waals surface area contributed by atoms with Gasteiger partial charge in [-0.2, -0.15) is 0 Å². The van der Waals surface area contributed by atoms with Gasteiger partial charge in [0.2, 0.25) is 0 Å². The molecule has 0 aliphatic carbocycles. The van der Waals surface area contributed by atoms with E-state index in [0.717, 1.165) is 10.4 Å². The van der Waals surface area contributed by atoms with Crippen molar-refractivity contribution in [2.24, 2.45) is 5.73 Å². The van der Waals surface area contributed by atoms with Gasteiger partial charge in [0.25, 0.3) is 0 Å². The van der Waals surface area contributed by atoms with Gasteiger partial charge < -0.3 is 10.8 Å². The first-order chi connectivity index (χ1) is 7.59. The molecule has 0 aliphatic rings. The van der Waals surface area contributed by atoms with Crippen LogP contribution in [0, 0.1) is 0 Å². The normalized spacial score (nSPS) is 11.9. The largest absolute Gasteiger partial charge is 0.506 e. The first-order valence-corrected chi connectivity index (χ1v) is 7.03. The fourth-order valence-corrected chi connectivity index (χ4v) is 3.37. The quantitative estimate of drug-likeness (QED) is 0.784. The number of phenolic OH excluding ortho intramolecular Hbond substituents is 1. The number of nitrogens with two attached hydrogens (primary N) is 1. The fourth-order valence-electron chi connectivity index (χ4n) is 1.40. The van der Waals surface area contributed by atoms with Crippen molar-refractivity contribution in [3.8, 4) is 5.75 Å². The van der Waals surface area contributed by atoms with Gasteiger partial charge >= 0.3 is 0 Å². The van der Waals surface area contributed by atoms with Crippen LogP contribution in [0.5, 0.6) is 5.75 Å². The monoisotopic (exact) mass is 397 g/mol. The molecule has 2 rings (SSSR count). The van der Waals surface area contributed by atoms with E-state index < -0.39 is 0 Å². The molecule has 0 aliphatic heterocycles. The maximum Gasteiger partial charge on any atom is 0.143 e. The molecule has 0 amide bonds. The molecule has 92 valence electrons. The van der Waals surface area contributed by atoms with E-state index in [1.54, 1.807) is 11.3 Å². The molecule has 2 aromatic rings. The van der Waals surface area contributed by atoms with Crippen molar-refractivity contribution >= 4 is 55.6 Å². The zero-order chi connectivity index (χ0) is 11.7. The zero-order valence-electron chi connectivity index (χ0n) is 8.56. The highest BCUT2D eigenvalue weighted by Gasteiger charge is 2.13. The summed E-state index contributed by atoms with van der Waals surface area (Å²) in [6.07, 6.45) is 0. The average Bonchev–Trinajstić information content (AvgIpc) is 2.77. The molecule has 1 heterocycles. The second-order valence-electron chi connectivity index (χ2n) is 3.33. The van der Waals surface area contributed by atoms with E-state index in [9.17, 15) is 5.11 Å². The molecular formula is C11H10Br2ClNOS. The molecule has 0 radical (unpaired) electrons. The summed E-state index contributed by atoms with van der Waals surface area (Å²) in [6, 6.07) is 7.50. The second-order valence-corrected chi connectivity index (χ2v) is 6.01. The van der Waals surface area contributed by atoms with Crippen LogP contribution in [0.1, 0.15) is 16.5 Å². The minimum absolute atomic E-state index is 0. The molecule has 1 aromatic carbocycles. The number of aromatic hydroxyl groups is 1. The Bertz CT molecular complexity index is 481. The van der Waals surface area contributed by atoms with Crippen molar-refractivity contribution in [2.75, 3.05) is 0 Å². The van der Waals surface area contributed by atoms with E-state index in [4.69, 9.17) is 5.73 Å². The van der Waals surface area contributed by atoms with Crippen LogP contribution < -0.4 is 5.73 Å². The summed E-state index contributed by atoms with van der Waals surface area (Å²) in [5.41, 5.74) is 7.09. The molecular weight excluding hydrogens is 389 g/mol. The molecule has 0 spiro atoms. The predicted molar refractivity (Wildman–Crippen MR) is 81.1 cm³/mol. The summed E-state index contributed by atoms with van der Waals surface area (Å²) in [7, 11) is 0. The molecule has 0 saturated heterocycles. The third-order valence-electron chi connectivity index (χ3n) is 2.25. The predicted octanol–water partition coefficient (Wildman–Crippen LogP) is 4.45. The molecule has 1 aromatic heterocycles. The van der Waals surface area contributed by atoms with E-state index in [1.807, 2.05) is 29.6 Å². The summed E-state index contributed by atoms with van der Waals surface area (Å²) in [5, 5.41) is 11.6. The van der Waals surface area contributed by atoms with Crippen molar-refractivity contribution in [2.45, 2.75) is 6.04 Å². The molecule has 6 heteroatoms. The number of benzene rings is 1. The van der Waals surface area contributed by atoms with E-state index in [1.165, 1.54) is 0 Å². The minimum atomic E-state index is -0.159. The lowest BCUT2D eigenvalue weighted by Crippen LogP contribution is -2.10. The standard InChI is InChI=1S/C11H9Br2NOS.ClH/c12-7-4-6(5-8(13)11(7)15)10(14)9-2-1-3-16-9;/h1-5,10,15H,14H2;1H/t10-;/m1./s1. The van der Waals surface area contributed by atoms with E-state index in [0.29, 0.717) is 8.95 Å². The SMILES string of the molecule is Cl.N[C@H](c1cc(Br)c(O)c(Br)c1)c1cccs1. The third-order valence-corrected chi connectivity index (χ3v) is 4.41. The van der Waals surface area contributed by atoms with Gasteiger partial charge in [-0.1, -0.05) is 6.07 Å². The topological polar surface area (TPSA) is 46.2 Å². The Hall–Kier alpha value is -0.0700. The fraction of sp³-hybridized carbons (Fsp3) is 0.0909. The molecule has 2 nitrogen and oxygen atoms in total. The lowest BCUT2D eigenvalue weighted by molar-refractivity contribution is 0.468. The summed E-state index contributed by atoms with van der Waals surface area (Å²) in [6.45, 7) is 0.